The Hall–Kier alpha value is -3.40. The summed E-state index contributed by atoms with van der Waals surface area (Å²) in [6, 6.07) is 6.29. The van der Waals surface area contributed by atoms with Crippen LogP contribution in [0.15, 0.2) is 39.0 Å². The molecule has 1 aromatic carbocycles. The van der Waals surface area contributed by atoms with Crippen LogP contribution in [0.1, 0.15) is 5.56 Å². The second kappa shape index (κ2) is 10.0. The summed E-state index contributed by atoms with van der Waals surface area (Å²) in [4.78, 5) is 29.6. The van der Waals surface area contributed by atoms with Crippen molar-refractivity contribution < 1.29 is 23.0 Å². The van der Waals surface area contributed by atoms with Crippen molar-refractivity contribution in [2.75, 3.05) is 32.7 Å². The first-order chi connectivity index (χ1) is 15.7. The number of ether oxygens (including phenoxy) is 2. The lowest BCUT2D eigenvalue weighted by Crippen LogP contribution is -2.38. The number of aromatic hydroxyl groups is 1. The van der Waals surface area contributed by atoms with Crippen molar-refractivity contribution in [2.24, 2.45) is 14.1 Å². The number of fused-ring (bicyclic) bond motifs is 1. The van der Waals surface area contributed by atoms with Gasteiger partial charge in [-0.2, -0.15) is 4.98 Å². The van der Waals surface area contributed by atoms with Crippen LogP contribution in [0.25, 0.3) is 11.2 Å². The molecule has 12 heteroatoms. The normalized spacial score (nSPS) is 11.5. The van der Waals surface area contributed by atoms with Gasteiger partial charge in [0.1, 0.15) is 5.75 Å². The summed E-state index contributed by atoms with van der Waals surface area (Å²) in [7, 11) is 0.304. The van der Waals surface area contributed by atoms with E-state index in [1.54, 1.807) is 12.1 Å². The van der Waals surface area contributed by atoms with E-state index in [4.69, 9.17) is 9.47 Å². The van der Waals surface area contributed by atoms with E-state index >= 15 is 0 Å². The summed E-state index contributed by atoms with van der Waals surface area (Å²) in [6.07, 6.45) is 0. The molecule has 2 aromatic heterocycles. The van der Waals surface area contributed by atoms with Crippen molar-refractivity contribution >= 4 is 21.0 Å². The van der Waals surface area contributed by atoms with Gasteiger partial charge >= 0.3 is 5.69 Å². The molecular weight excluding hydrogens is 452 g/mol. The number of sulfone groups is 1. The average Bonchev–Trinajstić information content (AvgIpc) is 3.12. The van der Waals surface area contributed by atoms with Crippen LogP contribution >= 0.6 is 0 Å². The Morgan fingerprint density at radius 2 is 1.88 bits per heavy atom. The van der Waals surface area contributed by atoms with E-state index in [1.165, 1.54) is 37.9 Å². The van der Waals surface area contributed by atoms with Crippen LogP contribution in [0.2, 0.25) is 0 Å². The van der Waals surface area contributed by atoms with E-state index in [1.807, 2.05) is 0 Å². The molecule has 11 nitrogen and oxygen atoms in total. The van der Waals surface area contributed by atoms with Crippen molar-refractivity contribution in [3.05, 3.63) is 50.7 Å². The molecule has 176 valence electrons. The summed E-state index contributed by atoms with van der Waals surface area (Å²) in [6.45, 7) is 0.357. The van der Waals surface area contributed by atoms with Crippen molar-refractivity contribution in [1.29, 1.82) is 0 Å². The lowest BCUT2D eigenvalue weighted by Gasteiger charge is -2.06. The van der Waals surface area contributed by atoms with Gasteiger partial charge < -0.3 is 19.1 Å². The fourth-order valence-corrected chi connectivity index (χ4v) is 4.39. The molecule has 0 saturated carbocycles. The Labute approximate surface area is 189 Å². The maximum absolute atomic E-state index is 12.8. The lowest BCUT2D eigenvalue weighted by molar-refractivity contribution is 0.0785. The maximum Gasteiger partial charge on any atom is 0.333 e. The molecule has 0 fully saturated rings. The van der Waals surface area contributed by atoms with Crippen LogP contribution in [-0.4, -0.2) is 64.9 Å². The van der Waals surface area contributed by atoms with E-state index in [9.17, 15) is 23.1 Å². The van der Waals surface area contributed by atoms with Gasteiger partial charge in [-0.1, -0.05) is 17.9 Å². The van der Waals surface area contributed by atoms with Crippen LogP contribution in [0.4, 0.5) is 0 Å². The maximum atomic E-state index is 12.8. The molecule has 1 N–H and O–H groups in total. The Kier molecular flexibility index (Phi) is 7.37. The molecule has 0 saturated heterocycles. The van der Waals surface area contributed by atoms with Gasteiger partial charge in [0.05, 0.1) is 32.1 Å². The van der Waals surface area contributed by atoms with Crippen molar-refractivity contribution in [2.45, 2.75) is 11.7 Å². The number of nitrogens with zero attached hydrogens (tertiary/aromatic N) is 4. The molecular formula is C21H24N4O7S. The zero-order valence-electron chi connectivity index (χ0n) is 18.4. The Balaban J connectivity index is 2.02. The molecule has 0 aliphatic rings. The number of aryl methyl sites for hydroxylation is 1. The molecule has 2 heterocycles. The number of imidazole rings is 1. The highest BCUT2D eigenvalue weighted by atomic mass is 32.2. The van der Waals surface area contributed by atoms with Gasteiger partial charge in [-0.15, -0.1) is 0 Å². The van der Waals surface area contributed by atoms with Gasteiger partial charge in [0.2, 0.25) is 15.0 Å². The smallest absolute Gasteiger partial charge is 0.333 e. The summed E-state index contributed by atoms with van der Waals surface area (Å²) in [5, 5.41) is 9.21. The number of methoxy groups -OCH3 is 1. The monoisotopic (exact) mass is 476 g/mol. The van der Waals surface area contributed by atoms with E-state index < -0.39 is 21.1 Å². The highest BCUT2D eigenvalue weighted by Crippen LogP contribution is 2.16. The molecule has 0 spiro atoms. The average molecular weight is 477 g/mol. The van der Waals surface area contributed by atoms with Gasteiger partial charge in [-0.05, 0) is 18.2 Å². The fourth-order valence-electron chi connectivity index (χ4n) is 3.14. The summed E-state index contributed by atoms with van der Waals surface area (Å²) in [5.74, 6) is 5.32. The van der Waals surface area contributed by atoms with Crippen LogP contribution in [0.3, 0.4) is 0 Å². The number of rotatable bonds is 8. The highest BCUT2D eigenvalue weighted by molar-refractivity contribution is 7.91. The molecule has 0 aliphatic heterocycles. The predicted octanol–water partition coefficient (Wildman–Crippen LogP) is -0.372. The Bertz CT molecular complexity index is 1460. The van der Waals surface area contributed by atoms with Gasteiger partial charge in [0, 0.05) is 26.8 Å². The minimum atomic E-state index is -3.91. The first-order valence-electron chi connectivity index (χ1n) is 9.91. The number of phenols is 1. The first-order valence-corrected chi connectivity index (χ1v) is 11.6. The number of phenolic OH excluding ortho intramolecular Hbond substituents is 1. The second-order valence-corrected chi connectivity index (χ2v) is 9.14. The standard InChI is InChI=1S/C21H24N4O7S/c1-23-17-18(22-20(23)33(29,30)13-12-32-11-10-31-3)25(21(28)24(2)19(17)27)9-5-7-15-6-4-8-16(26)14-15/h4,6,8,14,26H,9-13H2,1-3H3. The molecule has 0 aliphatic carbocycles. The molecule has 0 unspecified atom stereocenters. The molecule has 0 radical (unpaired) electrons. The van der Waals surface area contributed by atoms with Crippen LogP contribution in [0.5, 0.6) is 5.75 Å². The molecule has 0 bridgehead atoms. The van der Waals surface area contributed by atoms with Crippen molar-refractivity contribution in [3.63, 3.8) is 0 Å². The minimum Gasteiger partial charge on any atom is -0.508 e. The van der Waals surface area contributed by atoms with E-state index in [0.29, 0.717) is 12.2 Å². The van der Waals surface area contributed by atoms with E-state index in [-0.39, 0.29) is 47.6 Å². The third-order valence-corrected chi connectivity index (χ3v) is 6.46. The summed E-state index contributed by atoms with van der Waals surface area (Å²) in [5.41, 5.74) is -0.922. The lowest BCUT2D eigenvalue weighted by atomic mass is 10.2. The van der Waals surface area contributed by atoms with Crippen LogP contribution < -0.4 is 11.2 Å². The largest absolute Gasteiger partial charge is 0.508 e. The zero-order valence-corrected chi connectivity index (χ0v) is 19.3. The third kappa shape index (κ3) is 5.16. The minimum absolute atomic E-state index is 0.0323. The third-order valence-electron chi connectivity index (χ3n) is 4.84. The second-order valence-electron chi connectivity index (χ2n) is 7.13. The van der Waals surface area contributed by atoms with Crippen molar-refractivity contribution in [1.82, 2.24) is 18.7 Å². The Morgan fingerprint density at radius 3 is 2.58 bits per heavy atom. The van der Waals surface area contributed by atoms with Crippen LogP contribution in [-0.2, 0) is 40.0 Å². The molecule has 0 amide bonds. The van der Waals surface area contributed by atoms with E-state index in [2.05, 4.69) is 16.8 Å². The SMILES string of the molecule is COCCOCCS(=O)(=O)c1nc2c(c(=O)n(C)c(=O)n2CC#Cc2cccc(O)c2)n1C. The van der Waals surface area contributed by atoms with Crippen LogP contribution in [0, 0.1) is 11.8 Å². The number of hydrogen-bond donors (Lipinski definition) is 1. The number of hydrogen-bond acceptors (Lipinski definition) is 8. The predicted molar refractivity (Wildman–Crippen MR) is 120 cm³/mol. The quantitative estimate of drug-likeness (QED) is 0.344. The summed E-state index contributed by atoms with van der Waals surface area (Å²) >= 11 is 0. The fraction of sp³-hybridized carbons (Fsp3) is 0.381. The highest BCUT2D eigenvalue weighted by Gasteiger charge is 2.26. The van der Waals surface area contributed by atoms with Gasteiger partial charge in [0.15, 0.2) is 11.2 Å². The van der Waals surface area contributed by atoms with Crippen molar-refractivity contribution in [3.8, 4) is 17.6 Å². The molecule has 3 rings (SSSR count). The topological polar surface area (TPSA) is 135 Å². The van der Waals surface area contributed by atoms with Gasteiger partial charge in [-0.25, -0.2) is 13.2 Å². The number of benzene rings is 1. The zero-order chi connectivity index (χ0) is 24.2. The van der Waals surface area contributed by atoms with E-state index in [0.717, 1.165) is 9.13 Å². The van der Waals surface area contributed by atoms with Gasteiger partial charge in [0.25, 0.3) is 5.56 Å². The summed E-state index contributed by atoms with van der Waals surface area (Å²) < 4.78 is 38.9. The molecule has 33 heavy (non-hydrogen) atoms. The van der Waals surface area contributed by atoms with Gasteiger partial charge in [-0.3, -0.25) is 13.9 Å². The first kappa shape index (κ1) is 24.2. The Morgan fingerprint density at radius 1 is 1.12 bits per heavy atom. The molecule has 3 aromatic rings. The molecule has 0 atom stereocenters. The number of aromatic nitrogens is 4.